The summed E-state index contributed by atoms with van der Waals surface area (Å²) in [4.78, 5) is 25.5. The third kappa shape index (κ3) is 4.96. The molecule has 1 aromatic rings. The third-order valence-electron chi connectivity index (χ3n) is 8.94. The van der Waals surface area contributed by atoms with Crippen LogP contribution in [0.4, 0.5) is 5.69 Å². The van der Waals surface area contributed by atoms with E-state index in [0.29, 0.717) is 34.7 Å². The van der Waals surface area contributed by atoms with E-state index >= 15 is 0 Å². The largest absolute Gasteiger partial charge is 0.369 e. The molecule has 5 N–H and O–H groups in total. The van der Waals surface area contributed by atoms with Crippen molar-refractivity contribution >= 4 is 51.7 Å². The monoisotopic (exact) mass is 572 g/mol. The quantitative estimate of drug-likeness (QED) is 0.361. The number of nitrogens with zero attached hydrogens (tertiary/aromatic N) is 2. The van der Waals surface area contributed by atoms with Crippen molar-refractivity contribution in [3.05, 3.63) is 27.7 Å². The van der Waals surface area contributed by atoms with Crippen molar-refractivity contribution in [3.63, 3.8) is 0 Å². The number of nitrogens with one attached hydrogen (secondary N) is 1. The number of rotatable bonds is 7. The Kier molecular flexibility index (Phi) is 7.44. The van der Waals surface area contributed by atoms with Gasteiger partial charge in [-0.15, -0.1) is 0 Å². The molecule has 0 radical (unpaired) electrons. The van der Waals surface area contributed by atoms with Crippen LogP contribution in [0.5, 0.6) is 0 Å². The summed E-state index contributed by atoms with van der Waals surface area (Å²) in [5.41, 5.74) is 6.77. The van der Waals surface area contributed by atoms with Crippen LogP contribution in [-0.2, 0) is 16.0 Å². The van der Waals surface area contributed by atoms with E-state index < -0.39 is 16.4 Å². The fourth-order valence-electron chi connectivity index (χ4n) is 7.64. The number of aryl methyl sites for hydroxylation is 1. The molecule has 206 valence electrons. The molecular formula is C26H38Cl2N4O4S. The Balaban J connectivity index is 1.31. The van der Waals surface area contributed by atoms with Crippen LogP contribution in [-0.4, -0.2) is 50.9 Å². The van der Waals surface area contributed by atoms with E-state index in [4.69, 9.17) is 28.9 Å². The SMILES string of the molecule is CCCc1cc(Cl)c(N2CC(C)CN(CC(=O)NC3C4CC5CC3CC(C(N)=O)(C5)C4)S2(O)O)c(Cl)c1. The van der Waals surface area contributed by atoms with Gasteiger partial charge in [0.2, 0.25) is 11.8 Å². The van der Waals surface area contributed by atoms with Crippen molar-refractivity contribution in [2.75, 3.05) is 23.9 Å². The highest BCUT2D eigenvalue weighted by Crippen LogP contribution is 2.60. The van der Waals surface area contributed by atoms with E-state index in [9.17, 15) is 18.7 Å². The second-order valence-electron chi connectivity index (χ2n) is 11.8. The van der Waals surface area contributed by atoms with Crippen molar-refractivity contribution in [2.24, 2.45) is 34.8 Å². The number of benzene rings is 1. The first-order valence-electron chi connectivity index (χ1n) is 13.3. The van der Waals surface area contributed by atoms with E-state index in [1.165, 1.54) is 8.61 Å². The summed E-state index contributed by atoms with van der Waals surface area (Å²) >= 11 is 13.2. The van der Waals surface area contributed by atoms with E-state index in [1.807, 2.05) is 19.1 Å². The summed E-state index contributed by atoms with van der Waals surface area (Å²) in [7, 11) is -3.52. The lowest BCUT2D eigenvalue weighted by molar-refractivity contribution is -0.147. The molecule has 1 aromatic carbocycles. The van der Waals surface area contributed by atoms with E-state index in [2.05, 4.69) is 12.2 Å². The molecule has 0 aromatic heterocycles. The van der Waals surface area contributed by atoms with Gasteiger partial charge in [-0.1, -0.05) is 43.5 Å². The van der Waals surface area contributed by atoms with Crippen LogP contribution in [0.25, 0.3) is 0 Å². The Morgan fingerprint density at radius 1 is 1.14 bits per heavy atom. The highest BCUT2D eigenvalue weighted by atomic mass is 35.5. The first-order chi connectivity index (χ1) is 17.4. The Labute approximate surface area is 230 Å². The van der Waals surface area contributed by atoms with Crippen LogP contribution in [0.2, 0.25) is 10.0 Å². The summed E-state index contributed by atoms with van der Waals surface area (Å²) < 4.78 is 25.7. The molecule has 1 heterocycles. The van der Waals surface area contributed by atoms with Crippen LogP contribution in [0.1, 0.15) is 57.9 Å². The molecule has 1 aliphatic heterocycles. The maximum absolute atomic E-state index is 13.3. The van der Waals surface area contributed by atoms with Gasteiger partial charge >= 0.3 is 0 Å². The topological polar surface area (TPSA) is 119 Å². The van der Waals surface area contributed by atoms with Crippen LogP contribution in [0, 0.1) is 29.1 Å². The number of primary amides is 1. The number of anilines is 1. The van der Waals surface area contributed by atoms with Gasteiger partial charge < -0.3 is 11.1 Å². The van der Waals surface area contributed by atoms with Crippen molar-refractivity contribution in [2.45, 2.75) is 64.8 Å². The molecule has 4 saturated carbocycles. The van der Waals surface area contributed by atoms with E-state index in [-0.39, 0.29) is 42.2 Å². The van der Waals surface area contributed by atoms with Crippen molar-refractivity contribution < 1.29 is 18.7 Å². The number of carbonyl (C=O) groups is 2. The minimum Gasteiger partial charge on any atom is -0.369 e. The summed E-state index contributed by atoms with van der Waals surface area (Å²) in [5.74, 6) is 0.577. The molecule has 4 aliphatic carbocycles. The Hall–Kier alpha value is -1.23. The molecule has 37 heavy (non-hydrogen) atoms. The number of carbonyl (C=O) groups excluding carboxylic acids is 2. The molecule has 1 saturated heterocycles. The number of hydrogen-bond acceptors (Lipinski definition) is 6. The van der Waals surface area contributed by atoms with Gasteiger partial charge in [-0.25, -0.2) is 0 Å². The number of amides is 2. The second kappa shape index (κ2) is 10.1. The predicted molar refractivity (Wildman–Crippen MR) is 149 cm³/mol. The van der Waals surface area contributed by atoms with Crippen LogP contribution in [0.3, 0.4) is 0 Å². The third-order valence-corrected chi connectivity index (χ3v) is 11.4. The first-order valence-corrected chi connectivity index (χ1v) is 15.5. The lowest BCUT2D eigenvalue weighted by Crippen LogP contribution is -2.63. The Bertz CT molecular complexity index is 1050. The number of nitrogens with two attached hydrogens (primary N) is 1. The van der Waals surface area contributed by atoms with Gasteiger partial charge in [-0.05, 0) is 90.9 Å². The minimum absolute atomic E-state index is 0.00775. The van der Waals surface area contributed by atoms with Crippen molar-refractivity contribution in [3.8, 4) is 0 Å². The molecule has 6 rings (SSSR count). The molecule has 2 amide bonds. The maximum atomic E-state index is 13.3. The zero-order valence-electron chi connectivity index (χ0n) is 21.5. The van der Waals surface area contributed by atoms with Crippen LogP contribution < -0.4 is 15.4 Å². The summed E-state index contributed by atoms with van der Waals surface area (Å²) in [6.45, 7) is 4.64. The van der Waals surface area contributed by atoms with Gasteiger partial charge in [0.1, 0.15) is 0 Å². The molecule has 3 unspecified atom stereocenters. The predicted octanol–water partition coefficient (Wildman–Crippen LogP) is 5.08. The Morgan fingerprint density at radius 2 is 1.76 bits per heavy atom. The van der Waals surface area contributed by atoms with Gasteiger partial charge in [-0.3, -0.25) is 23.0 Å². The molecule has 8 nitrogen and oxygen atoms in total. The normalized spacial score (nSPS) is 35.4. The van der Waals surface area contributed by atoms with Gasteiger partial charge in [-0.2, -0.15) is 4.31 Å². The average molecular weight is 574 g/mol. The highest BCUT2D eigenvalue weighted by molar-refractivity contribution is 8.23. The van der Waals surface area contributed by atoms with Crippen molar-refractivity contribution in [1.82, 2.24) is 9.62 Å². The fraction of sp³-hybridized carbons (Fsp3) is 0.692. The maximum Gasteiger partial charge on any atom is 0.236 e. The molecule has 3 atom stereocenters. The zero-order chi connectivity index (χ0) is 26.7. The van der Waals surface area contributed by atoms with Gasteiger partial charge in [0.15, 0.2) is 0 Å². The molecule has 0 spiro atoms. The van der Waals surface area contributed by atoms with E-state index in [0.717, 1.165) is 50.5 Å². The van der Waals surface area contributed by atoms with Gasteiger partial charge in [0, 0.05) is 24.5 Å². The van der Waals surface area contributed by atoms with Crippen LogP contribution >= 0.6 is 34.2 Å². The van der Waals surface area contributed by atoms with Gasteiger partial charge in [0.25, 0.3) is 0 Å². The standard InChI is InChI=1S/C26H38Cl2N4O4S/c1-3-4-16-7-20(27)24(21(28)8-16)32-13-15(2)12-31(37(32,35)36)14-22(33)30-23-18-5-17-6-19(23)11-26(9-17,10-18)25(29)34/h7-8,15,17-19,23,35-36H,3-6,9-14H2,1-2H3,(H2,29,34)(H,30,33). The second-order valence-corrected chi connectivity index (χ2v) is 14.6. The van der Waals surface area contributed by atoms with Gasteiger partial charge in [0.05, 0.1) is 22.3 Å². The molecule has 11 heteroatoms. The molecule has 5 aliphatic rings. The number of hydrogen-bond donors (Lipinski definition) is 4. The fourth-order valence-corrected chi connectivity index (χ4v) is 10.4. The Morgan fingerprint density at radius 3 is 2.32 bits per heavy atom. The first kappa shape index (κ1) is 27.3. The summed E-state index contributed by atoms with van der Waals surface area (Å²) in [6.07, 6.45) is 6.12. The minimum atomic E-state index is -3.52. The molecular weight excluding hydrogens is 535 g/mol. The zero-order valence-corrected chi connectivity index (χ0v) is 23.8. The van der Waals surface area contributed by atoms with Crippen LogP contribution in [0.15, 0.2) is 12.1 Å². The van der Waals surface area contributed by atoms with Crippen molar-refractivity contribution in [1.29, 1.82) is 0 Å². The average Bonchev–Trinajstić information content (AvgIpc) is 2.79. The van der Waals surface area contributed by atoms with E-state index in [1.54, 1.807) is 0 Å². The summed E-state index contributed by atoms with van der Waals surface area (Å²) in [5, 5.41) is 3.94. The highest BCUT2D eigenvalue weighted by Gasteiger charge is 2.58. The molecule has 4 bridgehead atoms. The lowest BCUT2D eigenvalue weighted by atomic mass is 9.47. The molecule has 5 fully saturated rings. The summed E-state index contributed by atoms with van der Waals surface area (Å²) in [6, 6.07) is 3.64. The lowest BCUT2D eigenvalue weighted by Gasteiger charge is -2.59. The smallest absolute Gasteiger partial charge is 0.236 e. The number of halogens is 2.